The molecule has 6 heteroatoms. The molecule has 2 aromatic carbocycles. The molecule has 6 nitrogen and oxygen atoms in total. The molecule has 3 aromatic rings. The third kappa shape index (κ3) is 2.49. The fraction of sp³-hybridized carbons (Fsp3) is 0. The minimum absolute atomic E-state index is 0.199. The number of hydrogen-bond donors (Lipinski definition) is 2. The standard InChI is InChI=1S/C19H14N4O2/c20-17-15-16(22-23(17)13-9-5-2-6-10-13)14(18(24)21-19(15)25)11-12-7-3-1-4-8-12/h1-11H,20H2,(H,21,24,25)/b14-11+. The van der Waals surface area contributed by atoms with Crippen LogP contribution < -0.4 is 11.1 Å². The predicted molar refractivity (Wildman–Crippen MR) is 94.8 cm³/mol. The molecular weight excluding hydrogens is 316 g/mol. The summed E-state index contributed by atoms with van der Waals surface area (Å²) in [6, 6.07) is 18.6. The highest BCUT2D eigenvalue weighted by Gasteiger charge is 2.34. The second kappa shape index (κ2) is 5.76. The number of imide groups is 1. The summed E-state index contributed by atoms with van der Waals surface area (Å²) in [6.07, 6.45) is 1.70. The van der Waals surface area contributed by atoms with Gasteiger partial charge in [-0.2, -0.15) is 5.10 Å². The van der Waals surface area contributed by atoms with Gasteiger partial charge in [0.05, 0.1) is 11.3 Å². The van der Waals surface area contributed by atoms with Crippen LogP contribution in [0.2, 0.25) is 0 Å². The lowest BCUT2D eigenvalue weighted by molar-refractivity contribution is -0.114. The molecule has 0 spiro atoms. The Balaban J connectivity index is 1.92. The summed E-state index contributed by atoms with van der Waals surface area (Å²) < 4.78 is 1.47. The number of anilines is 1. The number of benzene rings is 2. The molecule has 4 rings (SSSR count). The van der Waals surface area contributed by atoms with Gasteiger partial charge in [-0.25, -0.2) is 4.68 Å². The molecule has 0 atom stereocenters. The number of rotatable bonds is 2. The van der Waals surface area contributed by atoms with Crippen molar-refractivity contribution in [1.29, 1.82) is 0 Å². The summed E-state index contributed by atoms with van der Waals surface area (Å²) in [5.74, 6) is -0.825. The van der Waals surface area contributed by atoms with Crippen LogP contribution in [0.1, 0.15) is 21.6 Å². The maximum Gasteiger partial charge on any atom is 0.264 e. The van der Waals surface area contributed by atoms with E-state index in [4.69, 9.17) is 5.73 Å². The summed E-state index contributed by atoms with van der Waals surface area (Å²) in [7, 11) is 0. The minimum Gasteiger partial charge on any atom is -0.383 e. The molecule has 3 N–H and O–H groups in total. The molecule has 25 heavy (non-hydrogen) atoms. The van der Waals surface area contributed by atoms with Crippen molar-refractivity contribution in [3.05, 3.63) is 77.5 Å². The van der Waals surface area contributed by atoms with E-state index in [1.807, 2.05) is 60.7 Å². The number of para-hydroxylation sites is 1. The van der Waals surface area contributed by atoms with Crippen LogP contribution in [-0.2, 0) is 4.79 Å². The van der Waals surface area contributed by atoms with E-state index in [9.17, 15) is 9.59 Å². The van der Waals surface area contributed by atoms with E-state index < -0.39 is 11.8 Å². The highest BCUT2D eigenvalue weighted by atomic mass is 16.2. The molecule has 1 aliphatic rings. The fourth-order valence-corrected chi connectivity index (χ4v) is 2.80. The molecule has 0 unspecified atom stereocenters. The number of carbonyl (C=O) groups excluding carboxylic acids is 2. The number of nitrogens with one attached hydrogen (secondary N) is 1. The van der Waals surface area contributed by atoms with Crippen LogP contribution in [0.4, 0.5) is 5.82 Å². The second-order valence-electron chi connectivity index (χ2n) is 5.61. The van der Waals surface area contributed by atoms with Crippen molar-refractivity contribution in [2.24, 2.45) is 0 Å². The number of amides is 2. The highest BCUT2D eigenvalue weighted by Crippen LogP contribution is 2.30. The lowest BCUT2D eigenvalue weighted by atomic mass is 10.00. The maximum atomic E-state index is 12.3. The van der Waals surface area contributed by atoms with Crippen molar-refractivity contribution in [1.82, 2.24) is 15.1 Å². The van der Waals surface area contributed by atoms with E-state index in [2.05, 4.69) is 10.4 Å². The summed E-state index contributed by atoms with van der Waals surface area (Å²) in [4.78, 5) is 24.6. The molecule has 2 amide bonds. The van der Waals surface area contributed by atoms with Crippen molar-refractivity contribution in [3.63, 3.8) is 0 Å². The maximum absolute atomic E-state index is 12.3. The highest BCUT2D eigenvalue weighted by molar-refractivity contribution is 6.34. The van der Waals surface area contributed by atoms with Crippen molar-refractivity contribution < 1.29 is 9.59 Å². The zero-order valence-corrected chi connectivity index (χ0v) is 13.1. The molecule has 0 saturated carbocycles. The first-order chi connectivity index (χ1) is 12.1. The normalized spacial score (nSPS) is 15.1. The number of nitrogen functional groups attached to an aromatic ring is 1. The van der Waals surface area contributed by atoms with Crippen molar-refractivity contribution in [2.75, 3.05) is 5.73 Å². The third-order valence-corrected chi connectivity index (χ3v) is 3.99. The Hall–Kier alpha value is -3.67. The Morgan fingerprint density at radius 1 is 0.920 bits per heavy atom. The number of nitrogens with zero attached hydrogens (tertiary/aromatic N) is 2. The van der Waals surface area contributed by atoms with Crippen LogP contribution in [0, 0.1) is 0 Å². The molecular formula is C19H14N4O2. The fourth-order valence-electron chi connectivity index (χ4n) is 2.80. The van der Waals surface area contributed by atoms with Crippen molar-refractivity contribution in [3.8, 4) is 5.69 Å². The van der Waals surface area contributed by atoms with Crippen LogP contribution in [0.3, 0.4) is 0 Å². The minimum atomic E-state index is -0.537. The first kappa shape index (κ1) is 14.9. The van der Waals surface area contributed by atoms with Gasteiger partial charge in [0.25, 0.3) is 11.8 Å². The van der Waals surface area contributed by atoms with Crippen LogP contribution in [0.15, 0.2) is 60.7 Å². The molecule has 122 valence electrons. The second-order valence-corrected chi connectivity index (χ2v) is 5.61. The van der Waals surface area contributed by atoms with Gasteiger partial charge in [-0.15, -0.1) is 0 Å². The summed E-state index contributed by atoms with van der Waals surface area (Å²) in [6.45, 7) is 0. The summed E-state index contributed by atoms with van der Waals surface area (Å²) >= 11 is 0. The molecule has 1 aromatic heterocycles. The number of fused-ring (bicyclic) bond motifs is 1. The number of aromatic nitrogens is 2. The largest absolute Gasteiger partial charge is 0.383 e. The zero-order chi connectivity index (χ0) is 17.4. The summed E-state index contributed by atoms with van der Waals surface area (Å²) in [5, 5.41) is 6.77. The Morgan fingerprint density at radius 2 is 1.56 bits per heavy atom. The van der Waals surface area contributed by atoms with E-state index in [1.165, 1.54) is 4.68 Å². The number of hydrogen-bond acceptors (Lipinski definition) is 4. The molecule has 0 aliphatic carbocycles. The average molecular weight is 330 g/mol. The van der Waals surface area contributed by atoms with Crippen LogP contribution in [0.25, 0.3) is 17.3 Å². The molecule has 0 bridgehead atoms. The van der Waals surface area contributed by atoms with Gasteiger partial charge in [-0.1, -0.05) is 48.5 Å². The first-order valence-corrected chi connectivity index (χ1v) is 7.72. The van der Waals surface area contributed by atoms with Crippen LogP contribution in [-0.4, -0.2) is 21.6 Å². The smallest absolute Gasteiger partial charge is 0.264 e. The van der Waals surface area contributed by atoms with E-state index >= 15 is 0 Å². The van der Waals surface area contributed by atoms with Crippen LogP contribution >= 0.6 is 0 Å². The topological polar surface area (TPSA) is 90.0 Å². The lowest BCUT2D eigenvalue weighted by Gasteiger charge is -2.13. The van der Waals surface area contributed by atoms with Gasteiger partial charge in [-0.05, 0) is 23.8 Å². The molecule has 0 saturated heterocycles. The Bertz CT molecular complexity index is 1000. The van der Waals surface area contributed by atoms with E-state index in [0.717, 1.165) is 5.56 Å². The predicted octanol–water partition coefficient (Wildman–Crippen LogP) is 2.27. The van der Waals surface area contributed by atoms with Gasteiger partial charge in [0.1, 0.15) is 17.1 Å². The SMILES string of the molecule is Nc1c2c(nn1-c1ccccc1)/C(=C\c1ccccc1)C(=O)NC2=O. The van der Waals surface area contributed by atoms with Gasteiger partial charge < -0.3 is 5.73 Å². The lowest BCUT2D eigenvalue weighted by Crippen LogP contribution is -2.36. The third-order valence-electron chi connectivity index (χ3n) is 3.99. The van der Waals surface area contributed by atoms with E-state index in [1.54, 1.807) is 6.08 Å². The van der Waals surface area contributed by atoms with E-state index in [-0.39, 0.29) is 11.4 Å². The van der Waals surface area contributed by atoms with E-state index in [0.29, 0.717) is 17.0 Å². The summed E-state index contributed by atoms with van der Waals surface area (Å²) in [5.41, 5.74) is 8.51. The van der Waals surface area contributed by atoms with Gasteiger partial charge in [0.2, 0.25) is 0 Å². The average Bonchev–Trinajstić information content (AvgIpc) is 2.98. The molecule has 0 fully saturated rings. The van der Waals surface area contributed by atoms with Gasteiger partial charge in [0.15, 0.2) is 0 Å². The number of nitrogens with two attached hydrogens (primary N) is 1. The number of carbonyl (C=O) groups is 2. The van der Waals surface area contributed by atoms with Gasteiger partial charge in [0, 0.05) is 0 Å². The van der Waals surface area contributed by atoms with Crippen LogP contribution in [0.5, 0.6) is 0 Å². The quantitative estimate of drug-likeness (QED) is 0.557. The van der Waals surface area contributed by atoms with Crippen molar-refractivity contribution in [2.45, 2.75) is 0 Å². The monoisotopic (exact) mass is 330 g/mol. The zero-order valence-electron chi connectivity index (χ0n) is 13.1. The Morgan fingerprint density at radius 3 is 2.24 bits per heavy atom. The molecule has 1 aliphatic heterocycles. The molecule has 2 heterocycles. The first-order valence-electron chi connectivity index (χ1n) is 7.72. The van der Waals surface area contributed by atoms with Gasteiger partial charge >= 0.3 is 0 Å². The Kier molecular flexibility index (Phi) is 3.43. The Labute approximate surface area is 143 Å². The molecule has 0 radical (unpaired) electrons. The van der Waals surface area contributed by atoms with Gasteiger partial charge in [-0.3, -0.25) is 14.9 Å². The van der Waals surface area contributed by atoms with Crippen molar-refractivity contribution >= 4 is 29.3 Å².